The van der Waals surface area contributed by atoms with Gasteiger partial charge < -0.3 is 5.11 Å². The van der Waals surface area contributed by atoms with Crippen molar-refractivity contribution in [2.45, 2.75) is 18.8 Å². The minimum absolute atomic E-state index is 0.116. The summed E-state index contributed by atoms with van der Waals surface area (Å²) >= 11 is 0. The van der Waals surface area contributed by atoms with Crippen molar-refractivity contribution in [3.05, 3.63) is 59.9 Å². The first kappa shape index (κ1) is 12.1. The topological polar surface area (TPSA) is 55.1 Å². The molecule has 0 saturated heterocycles. The van der Waals surface area contributed by atoms with Crippen LogP contribution in [0.2, 0.25) is 0 Å². The summed E-state index contributed by atoms with van der Waals surface area (Å²) in [5.41, 5.74) is 2.07. The average molecular weight is 278 g/mol. The van der Waals surface area contributed by atoms with Gasteiger partial charge in [0.1, 0.15) is 0 Å². The van der Waals surface area contributed by atoms with Crippen LogP contribution in [0.15, 0.2) is 48.5 Å². The van der Waals surface area contributed by atoms with Crippen LogP contribution in [0.4, 0.5) is 0 Å². The smallest absolute Gasteiger partial charge is 0.356 e. The largest absolute Gasteiger partial charge is 0.476 e. The van der Waals surface area contributed by atoms with E-state index < -0.39 is 5.97 Å². The van der Waals surface area contributed by atoms with Crippen molar-refractivity contribution in [1.29, 1.82) is 0 Å². The highest BCUT2D eigenvalue weighted by molar-refractivity contribution is 5.90. The van der Waals surface area contributed by atoms with E-state index in [-0.39, 0.29) is 5.69 Å². The van der Waals surface area contributed by atoms with Crippen molar-refractivity contribution in [3.63, 3.8) is 0 Å². The van der Waals surface area contributed by atoms with Crippen molar-refractivity contribution >= 4 is 16.7 Å². The number of rotatable bonds is 3. The van der Waals surface area contributed by atoms with Crippen LogP contribution >= 0.6 is 0 Å². The third kappa shape index (κ3) is 2.00. The molecule has 0 radical (unpaired) electrons. The van der Waals surface area contributed by atoms with Gasteiger partial charge in [-0.15, -0.1) is 0 Å². The Morgan fingerprint density at radius 2 is 1.90 bits per heavy atom. The second-order valence-electron chi connectivity index (χ2n) is 5.44. The summed E-state index contributed by atoms with van der Waals surface area (Å²) in [6.07, 6.45) is 2.21. The summed E-state index contributed by atoms with van der Waals surface area (Å²) in [4.78, 5) is 11.2. The van der Waals surface area contributed by atoms with E-state index in [0.717, 1.165) is 35.0 Å². The number of hydrogen-bond acceptors (Lipinski definition) is 2. The molecular weight excluding hydrogens is 264 g/mol. The number of nitrogens with zero attached hydrogens (tertiary/aromatic N) is 2. The number of carboxylic acid groups (broad SMARTS) is 1. The third-order valence-electron chi connectivity index (χ3n) is 3.95. The Morgan fingerprint density at radius 3 is 2.67 bits per heavy atom. The Morgan fingerprint density at radius 1 is 1.14 bits per heavy atom. The maximum absolute atomic E-state index is 11.2. The van der Waals surface area contributed by atoms with Gasteiger partial charge in [0.2, 0.25) is 0 Å². The summed E-state index contributed by atoms with van der Waals surface area (Å²) in [5.74, 6) is -0.541. The minimum Gasteiger partial charge on any atom is -0.476 e. The van der Waals surface area contributed by atoms with E-state index in [1.165, 1.54) is 0 Å². The number of benzene rings is 2. The fraction of sp³-hybridized carbons (Fsp3) is 0.176. The molecule has 1 aliphatic rings. The van der Waals surface area contributed by atoms with Crippen molar-refractivity contribution in [3.8, 4) is 5.69 Å². The molecular formula is C17H14N2O2. The van der Waals surface area contributed by atoms with E-state index >= 15 is 0 Å². The molecule has 0 aliphatic heterocycles. The number of carboxylic acids is 1. The summed E-state index contributed by atoms with van der Waals surface area (Å²) in [6, 6.07) is 15.8. The Balaban J connectivity index is 1.98. The summed E-state index contributed by atoms with van der Waals surface area (Å²) in [5, 5.41) is 15.7. The van der Waals surface area contributed by atoms with Crippen molar-refractivity contribution in [2.24, 2.45) is 0 Å². The van der Waals surface area contributed by atoms with Crippen molar-refractivity contribution in [2.75, 3.05) is 0 Å². The molecule has 0 amide bonds. The zero-order valence-corrected chi connectivity index (χ0v) is 11.4. The second kappa shape index (κ2) is 4.45. The van der Waals surface area contributed by atoms with Gasteiger partial charge in [-0.05, 0) is 30.4 Å². The van der Waals surface area contributed by atoms with Gasteiger partial charge in [-0.1, -0.05) is 36.4 Å². The van der Waals surface area contributed by atoms with Crippen LogP contribution < -0.4 is 0 Å². The first-order chi connectivity index (χ1) is 10.2. The number of aromatic nitrogens is 2. The minimum atomic E-state index is -0.976. The lowest BCUT2D eigenvalue weighted by Crippen LogP contribution is -2.04. The van der Waals surface area contributed by atoms with Gasteiger partial charge >= 0.3 is 5.97 Å². The normalized spacial score (nSPS) is 14.5. The van der Waals surface area contributed by atoms with E-state index in [4.69, 9.17) is 0 Å². The molecule has 0 atom stereocenters. The Kier molecular flexibility index (Phi) is 2.57. The molecule has 21 heavy (non-hydrogen) atoms. The standard InChI is InChI=1S/C17H14N2O2/c20-17(21)14-10-16(12-8-9-12)19(18-14)15-7-3-5-11-4-1-2-6-13(11)15/h1-7,10,12H,8-9H2,(H,20,21). The summed E-state index contributed by atoms with van der Waals surface area (Å²) in [7, 11) is 0. The Labute approximate surface area is 121 Å². The maximum Gasteiger partial charge on any atom is 0.356 e. The van der Waals surface area contributed by atoms with Gasteiger partial charge in [0.25, 0.3) is 0 Å². The van der Waals surface area contributed by atoms with Crippen LogP contribution in [0.5, 0.6) is 0 Å². The summed E-state index contributed by atoms with van der Waals surface area (Å²) in [6.45, 7) is 0. The quantitative estimate of drug-likeness (QED) is 0.796. The first-order valence-corrected chi connectivity index (χ1v) is 7.05. The molecule has 0 bridgehead atoms. The number of hydrogen-bond donors (Lipinski definition) is 1. The fourth-order valence-corrected chi connectivity index (χ4v) is 2.76. The van der Waals surface area contributed by atoms with Gasteiger partial charge in [-0.3, -0.25) is 0 Å². The molecule has 1 aromatic heterocycles. The van der Waals surface area contributed by atoms with Crippen LogP contribution in [-0.2, 0) is 0 Å². The maximum atomic E-state index is 11.2. The van der Waals surface area contributed by atoms with Crippen LogP contribution in [0.25, 0.3) is 16.5 Å². The van der Waals surface area contributed by atoms with Crippen LogP contribution in [-0.4, -0.2) is 20.9 Å². The molecule has 0 unspecified atom stereocenters. The van der Waals surface area contributed by atoms with Crippen LogP contribution in [0.1, 0.15) is 34.9 Å². The molecule has 4 rings (SSSR count). The Bertz CT molecular complexity index is 842. The lowest BCUT2D eigenvalue weighted by atomic mass is 10.1. The average Bonchev–Trinajstić information content (AvgIpc) is 3.25. The number of fused-ring (bicyclic) bond motifs is 1. The van der Waals surface area contributed by atoms with E-state index in [0.29, 0.717) is 5.92 Å². The molecule has 0 spiro atoms. The first-order valence-electron chi connectivity index (χ1n) is 7.05. The molecule has 2 aromatic carbocycles. The highest BCUT2D eigenvalue weighted by atomic mass is 16.4. The van der Waals surface area contributed by atoms with Gasteiger partial charge in [0, 0.05) is 17.0 Å². The molecule has 104 valence electrons. The predicted molar refractivity (Wildman–Crippen MR) is 80.0 cm³/mol. The van der Waals surface area contributed by atoms with E-state index in [2.05, 4.69) is 17.2 Å². The molecule has 4 nitrogen and oxygen atoms in total. The monoisotopic (exact) mass is 278 g/mol. The zero-order chi connectivity index (χ0) is 14.4. The van der Waals surface area contributed by atoms with Gasteiger partial charge in [0.15, 0.2) is 5.69 Å². The van der Waals surface area contributed by atoms with Gasteiger partial charge in [0.05, 0.1) is 5.69 Å². The lowest BCUT2D eigenvalue weighted by Gasteiger charge is -2.10. The Hall–Kier alpha value is -2.62. The van der Waals surface area contributed by atoms with Gasteiger partial charge in [-0.25, -0.2) is 9.48 Å². The van der Waals surface area contributed by atoms with E-state index in [1.807, 2.05) is 35.0 Å². The molecule has 4 heteroatoms. The summed E-state index contributed by atoms with van der Waals surface area (Å²) < 4.78 is 1.81. The highest BCUT2D eigenvalue weighted by Gasteiger charge is 2.30. The van der Waals surface area contributed by atoms with Crippen molar-refractivity contribution < 1.29 is 9.90 Å². The third-order valence-corrected chi connectivity index (χ3v) is 3.95. The molecule has 1 N–H and O–H groups in total. The van der Waals surface area contributed by atoms with Gasteiger partial charge in [-0.2, -0.15) is 5.10 Å². The lowest BCUT2D eigenvalue weighted by molar-refractivity contribution is 0.0690. The second-order valence-corrected chi connectivity index (χ2v) is 5.44. The van der Waals surface area contributed by atoms with Crippen LogP contribution in [0.3, 0.4) is 0 Å². The van der Waals surface area contributed by atoms with E-state index in [9.17, 15) is 9.90 Å². The van der Waals surface area contributed by atoms with E-state index in [1.54, 1.807) is 6.07 Å². The molecule has 1 aliphatic carbocycles. The zero-order valence-electron chi connectivity index (χ0n) is 11.4. The molecule has 1 fully saturated rings. The predicted octanol–water partition coefficient (Wildman–Crippen LogP) is 3.60. The SMILES string of the molecule is O=C(O)c1cc(C2CC2)n(-c2cccc3ccccc23)n1. The van der Waals surface area contributed by atoms with Crippen LogP contribution in [0, 0.1) is 0 Å². The fourth-order valence-electron chi connectivity index (χ4n) is 2.76. The molecule has 3 aromatic rings. The molecule has 1 heterocycles. The number of carbonyl (C=O) groups is 1. The molecule has 1 saturated carbocycles. The number of aromatic carboxylic acids is 1. The van der Waals surface area contributed by atoms with Crippen molar-refractivity contribution in [1.82, 2.24) is 9.78 Å². The highest BCUT2D eigenvalue weighted by Crippen LogP contribution is 2.41.